The first kappa shape index (κ1) is 14.7. The molecule has 106 valence electrons. The van der Waals surface area contributed by atoms with Crippen molar-refractivity contribution in [3.8, 4) is 0 Å². The van der Waals surface area contributed by atoms with E-state index in [4.69, 9.17) is 17.0 Å². The number of carbonyl (C=O) groups excluding carboxylic acids is 1. The van der Waals surface area contributed by atoms with Crippen molar-refractivity contribution in [3.05, 3.63) is 39.8 Å². The van der Waals surface area contributed by atoms with Crippen LogP contribution < -0.4 is 4.90 Å². The van der Waals surface area contributed by atoms with Gasteiger partial charge in [-0.05, 0) is 31.6 Å². The smallest absolute Gasteiger partial charge is 0.416 e. The highest BCUT2D eigenvalue weighted by atomic mass is 32.1. The number of amides is 1. The lowest BCUT2D eigenvalue weighted by Gasteiger charge is -2.22. The van der Waals surface area contributed by atoms with Crippen LogP contribution in [0.5, 0.6) is 0 Å². The van der Waals surface area contributed by atoms with Gasteiger partial charge in [0.15, 0.2) is 3.95 Å². The van der Waals surface area contributed by atoms with Gasteiger partial charge in [-0.2, -0.15) is 0 Å². The van der Waals surface area contributed by atoms with Gasteiger partial charge < -0.3 is 4.74 Å². The Hall–Kier alpha value is -1.73. The summed E-state index contributed by atoms with van der Waals surface area (Å²) >= 11 is 6.24. The van der Waals surface area contributed by atoms with E-state index in [1.807, 2.05) is 44.2 Å². The molecule has 0 aliphatic heterocycles. The molecular weight excluding hydrogens is 294 g/mol. The lowest BCUT2D eigenvalue weighted by Crippen LogP contribution is -2.37. The molecule has 0 unspecified atom stereocenters. The number of hydrogen-bond donors (Lipinski definition) is 1. The highest BCUT2D eigenvalue weighted by Crippen LogP contribution is 2.21. The second-order valence-corrected chi connectivity index (χ2v) is 6.04. The Balaban J connectivity index is 2.06. The number of aromatic nitrogens is 2. The van der Waals surface area contributed by atoms with Crippen molar-refractivity contribution in [1.82, 2.24) is 10.2 Å². The van der Waals surface area contributed by atoms with Crippen LogP contribution in [0.3, 0.4) is 0 Å². The minimum atomic E-state index is -0.429. The molecule has 0 aliphatic carbocycles. The van der Waals surface area contributed by atoms with E-state index in [-0.39, 0.29) is 12.6 Å². The van der Waals surface area contributed by atoms with E-state index in [0.29, 0.717) is 9.09 Å². The van der Waals surface area contributed by atoms with Crippen LogP contribution in [-0.2, 0) is 11.3 Å². The molecule has 0 radical (unpaired) electrons. The lowest BCUT2D eigenvalue weighted by molar-refractivity contribution is 0.145. The van der Waals surface area contributed by atoms with Gasteiger partial charge in [0.05, 0.1) is 0 Å². The van der Waals surface area contributed by atoms with Crippen molar-refractivity contribution >= 4 is 34.8 Å². The maximum Gasteiger partial charge on any atom is 0.416 e. The first-order chi connectivity index (χ1) is 9.58. The molecule has 7 heteroatoms. The van der Waals surface area contributed by atoms with Crippen LogP contribution in [0.2, 0.25) is 0 Å². The van der Waals surface area contributed by atoms with E-state index in [1.165, 1.54) is 16.2 Å². The summed E-state index contributed by atoms with van der Waals surface area (Å²) < 4.78 is 5.85. The summed E-state index contributed by atoms with van der Waals surface area (Å²) in [5.74, 6) is 0. The van der Waals surface area contributed by atoms with Crippen molar-refractivity contribution in [2.45, 2.75) is 26.5 Å². The van der Waals surface area contributed by atoms with Gasteiger partial charge >= 0.3 is 6.09 Å². The second-order valence-electron chi connectivity index (χ2n) is 4.40. The maximum absolute atomic E-state index is 12.2. The van der Waals surface area contributed by atoms with Crippen LogP contribution in [0.15, 0.2) is 30.3 Å². The predicted molar refractivity (Wildman–Crippen MR) is 81.5 cm³/mol. The first-order valence-corrected chi connectivity index (χ1v) is 7.36. The lowest BCUT2D eigenvalue weighted by atomic mass is 10.2. The quantitative estimate of drug-likeness (QED) is 0.874. The van der Waals surface area contributed by atoms with Crippen LogP contribution in [0.1, 0.15) is 19.4 Å². The molecule has 2 rings (SSSR count). The fourth-order valence-corrected chi connectivity index (χ4v) is 2.63. The van der Waals surface area contributed by atoms with Gasteiger partial charge in [-0.15, -0.1) is 5.10 Å². The molecule has 5 nitrogen and oxygen atoms in total. The third-order valence-electron chi connectivity index (χ3n) is 2.55. The zero-order chi connectivity index (χ0) is 14.5. The number of nitrogens with zero attached hydrogens (tertiary/aromatic N) is 2. The molecule has 2 aromatic rings. The number of carbonyl (C=O) groups is 1. The summed E-state index contributed by atoms with van der Waals surface area (Å²) in [4.78, 5) is 13.7. The Kier molecular flexibility index (Phi) is 4.86. The van der Waals surface area contributed by atoms with Gasteiger partial charge in [0.2, 0.25) is 5.13 Å². The molecule has 0 saturated heterocycles. The molecule has 1 heterocycles. The summed E-state index contributed by atoms with van der Waals surface area (Å²) in [6.45, 7) is 4.03. The van der Waals surface area contributed by atoms with Gasteiger partial charge in [-0.25, -0.2) is 9.69 Å². The third kappa shape index (κ3) is 3.64. The van der Waals surface area contributed by atoms with E-state index in [0.717, 1.165) is 5.56 Å². The van der Waals surface area contributed by atoms with E-state index in [1.54, 1.807) is 0 Å². The summed E-state index contributed by atoms with van der Waals surface area (Å²) in [6, 6.07) is 9.48. The Morgan fingerprint density at radius 3 is 2.70 bits per heavy atom. The standard InChI is InChI=1S/C13H15N3O2S2/c1-9(2)16(11-14-15-12(19)20-11)13(17)18-8-10-6-4-3-5-7-10/h3-7,9H,8H2,1-2H3,(H,15,19). The van der Waals surface area contributed by atoms with Crippen LogP contribution >= 0.6 is 23.6 Å². The van der Waals surface area contributed by atoms with Crippen LogP contribution in [0.25, 0.3) is 0 Å². The number of aromatic amines is 1. The molecule has 0 spiro atoms. The summed E-state index contributed by atoms with van der Waals surface area (Å²) in [7, 11) is 0. The minimum absolute atomic E-state index is 0.0628. The van der Waals surface area contributed by atoms with Crippen molar-refractivity contribution in [1.29, 1.82) is 0 Å². The number of nitrogens with one attached hydrogen (secondary N) is 1. The largest absolute Gasteiger partial charge is 0.444 e. The SMILES string of the molecule is CC(C)N(C(=O)OCc1ccccc1)c1n[nH]c(=S)s1. The van der Waals surface area contributed by atoms with Gasteiger partial charge in [0.25, 0.3) is 0 Å². The van der Waals surface area contributed by atoms with Crippen LogP contribution in [0.4, 0.5) is 9.93 Å². The monoisotopic (exact) mass is 309 g/mol. The third-order valence-corrected chi connectivity index (χ3v) is 3.64. The van der Waals surface area contributed by atoms with Crippen molar-refractivity contribution < 1.29 is 9.53 Å². The average Bonchev–Trinajstić information content (AvgIpc) is 2.83. The second kappa shape index (κ2) is 6.62. The summed E-state index contributed by atoms with van der Waals surface area (Å²) in [5, 5.41) is 7.21. The molecular formula is C13H15N3O2S2. The fourth-order valence-electron chi connectivity index (χ4n) is 1.62. The number of rotatable bonds is 4. The van der Waals surface area contributed by atoms with E-state index >= 15 is 0 Å². The number of H-pyrrole nitrogens is 1. The molecule has 0 saturated carbocycles. The molecule has 0 atom stereocenters. The van der Waals surface area contributed by atoms with Gasteiger partial charge in [-0.1, -0.05) is 41.7 Å². The highest BCUT2D eigenvalue weighted by Gasteiger charge is 2.23. The van der Waals surface area contributed by atoms with Crippen molar-refractivity contribution in [3.63, 3.8) is 0 Å². The number of hydrogen-bond acceptors (Lipinski definition) is 5. The number of ether oxygens (including phenoxy) is 1. The van der Waals surface area contributed by atoms with Crippen LogP contribution in [-0.4, -0.2) is 22.3 Å². The highest BCUT2D eigenvalue weighted by molar-refractivity contribution is 7.73. The number of benzene rings is 1. The summed E-state index contributed by atoms with van der Waals surface area (Å²) in [6.07, 6.45) is -0.429. The topological polar surface area (TPSA) is 58.2 Å². The van der Waals surface area contributed by atoms with Gasteiger partial charge in [-0.3, -0.25) is 5.10 Å². The summed E-state index contributed by atoms with van der Waals surface area (Å²) in [5.41, 5.74) is 0.944. The molecule has 20 heavy (non-hydrogen) atoms. The molecule has 0 aliphatic rings. The molecule has 1 N–H and O–H groups in total. The van der Waals surface area contributed by atoms with Gasteiger partial charge in [0, 0.05) is 6.04 Å². The van der Waals surface area contributed by atoms with E-state index < -0.39 is 6.09 Å². The Labute approximate surface area is 126 Å². The first-order valence-electron chi connectivity index (χ1n) is 6.13. The molecule has 1 amide bonds. The van der Waals surface area contributed by atoms with E-state index in [9.17, 15) is 4.79 Å². The average molecular weight is 309 g/mol. The number of anilines is 1. The Morgan fingerprint density at radius 1 is 1.45 bits per heavy atom. The minimum Gasteiger partial charge on any atom is -0.444 e. The Morgan fingerprint density at radius 2 is 2.15 bits per heavy atom. The maximum atomic E-state index is 12.2. The Bertz CT molecular complexity index is 622. The molecule has 1 aromatic heterocycles. The molecule has 1 aromatic carbocycles. The molecule has 0 fully saturated rings. The molecule has 0 bridgehead atoms. The van der Waals surface area contributed by atoms with E-state index in [2.05, 4.69) is 10.2 Å². The van der Waals surface area contributed by atoms with Gasteiger partial charge in [0.1, 0.15) is 6.61 Å². The predicted octanol–water partition coefficient (Wildman–Crippen LogP) is 3.75. The van der Waals surface area contributed by atoms with Crippen molar-refractivity contribution in [2.24, 2.45) is 0 Å². The zero-order valence-electron chi connectivity index (χ0n) is 11.2. The van der Waals surface area contributed by atoms with Crippen LogP contribution in [0, 0.1) is 3.95 Å². The normalized spacial score (nSPS) is 10.6. The fraction of sp³-hybridized carbons (Fsp3) is 0.308. The van der Waals surface area contributed by atoms with Crippen molar-refractivity contribution in [2.75, 3.05) is 4.90 Å². The zero-order valence-corrected chi connectivity index (χ0v) is 12.8.